The molecule has 2 aromatic heterocycles. The van der Waals surface area contributed by atoms with Gasteiger partial charge in [0, 0.05) is 30.5 Å². The van der Waals surface area contributed by atoms with Crippen LogP contribution in [0.2, 0.25) is 0 Å². The average molecular weight is 221 g/mol. The van der Waals surface area contributed by atoms with Gasteiger partial charge in [0.1, 0.15) is 5.01 Å². The molecule has 0 fully saturated rings. The van der Waals surface area contributed by atoms with Crippen LogP contribution >= 0.6 is 11.3 Å². The van der Waals surface area contributed by atoms with Gasteiger partial charge in [-0.05, 0) is 18.1 Å². The number of aromatic nitrogens is 2. The van der Waals surface area contributed by atoms with E-state index in [0.29, 0.717) is 6.04 Å². The zero-order valence-electron chi connectivity index (χ0n) is 8.73. The van der Waals surface area contributed by atoms with Crippen LogP contribution in [-0.2, 0) is 6.54 Å². The molecule has 0 radical (unpaired) electrons. The number of hydrogen-bond donors (Lipinski definition) is 2. The van der Waals surface area contributed by atoms with Crippen LogP contribution in [-0.4, -0.2) is 9.97 Å². The Morgan fingerprint density at radius 1 is 1.60 bits per heavy atom. The van der Waals surface area contributed by atoms with E-state index in [0.717, 1.165) is 13.0 Å². The smallest absolute Gasteiger partial charge is 0.109 e. The largest absolute Gasteiger partial charge is 0.367 e. The van der Waals surface area contributed by atoms with Crippen LogP contribution in [0.3, 0.4) is 0 Å². The van der Waals surface area contributed by atoms with Crippen LogP contribution in [0.4, 0.5) is 0 Å². The summed E-state index contributed by atoms with van der Waals surface area (Å²) in [5, 5.41) is 6.70. The lowest BCUT2D eigenvalue weighted by Crippen LogP contribution is -2.19. The molecule has 0 saturated heterocycles. The predicted octanol–water partition coefficient (Wildman–Crippen LogP) is 2.71. The Morgan fingerprint density at radius 2 is 2.53 bits per heavy atom. The summed E-state index contributed by atoms with van der Waals surface area (Å²) in [5.74, 6) is 0. The molecule has 0 aliphatic heterocycles. The molecule has 0 aliphatic rings. The monoisotopic (exact) mass is 221 g/mol. The van der Waals surface area contributed by atoms with Crippen molar-refractivity contribution < 1.29 is 0 Å². The number of aromatic amines is 1. The van der Waals surface area contributed by atoms with Gasteiger partial charge in [-0.1, -0.05) is 6.92 Å². The summed E-state index contributed by atoms with van der Waals surface area (Å²) in [7, 11) is 0. The van der Waals surface area contributed by atoms with Crippen molar-refractivity contribution in [3.8, 4) is 0 Å². The molecule has 4 heteroatoms. The first kappa shape index (κ1) is 10.4. The molecule has 0 amide bonds. The van der Waals surface area contributed by atoms with Crippen molar-refractivity contribution in [2.75, 3.05) is 0 Å². The number of nitrogens with one attached hydrogen (secondary N) is 2. The standard InChI is InChI=1S/C11H15N3S/c1-2-10(11-13-5-6-15-11)14-8-9-3-4-12-7-9/h3-7,10,12,14H,2,8H2,1H3. The van der Waals surface area contributed by atoms with Crippen molar-refractivity contribution in [1.29, 1.82) is 0 Å². The van der Waals surface area contributed by atoms with E-state index in [-0.39, 0.29) is 0 Å². The summed E-state index contributed by atoms with van der Waals surface area (Å²) in [6.07, 6.45) is 6.89. The van der Waals surface area contributed by atoms with Gasteiger partial charge >= 0.3 is 0 Å². The fourth-order valence-electron chi connectivity index (χ4n) is 1.52. The SMILES string of the molecule is CCC(NCc1cc[nH]c1)c1nccs1. The lowest BCUT2D eigenvalue weighted by atomic mass is 10.2. The lowest BCUT2D eigenvalue weighted by molar-refractivity contribution is 0.517. The molecule has 1 atom stereocenters. The normalized spacial score (nSPS) is 12.9. The quantitative estimate of drug-likeness (QED) is 0.815. The van der Waals surface area contributed by atoms with Gasteiger partial charge in [0.25, 0.3) is 0 Å². The highest BCUT2D eigenvalue weighted by Gasteiger charge is 2.10. The van der Waals surface area contributed by atoms with E-state index in [1.807, 2.05) is 24.0 Å². The Hall–Kier alpha value is -1.13. The summed E-state index contributed by atoms with van der Waals surface area (Å²) < 4.78 is 0. The minimum Gasteiger partial charge on any atom is -0.367 e. The van der Waals surface area contributed by atoms with Crippen LogP contribution in [0, 0.1) is 0 Å². The Balaban J connectivity index is 1.92. The van der Waals surface area contributed by atoms with Crippen LogP contribution < -0.4 is 5.32 Å². The Labute approximate surface area is 93.6 Å². The molecule has 0 spiro atoms. The first-order chi connectivity index (χ1) is 7.40. The number of rotatable bonds is 5. The molecule has 80 valence electrons. The third-order valence-corrected chi connectivity index (χ3v) is 3.26. The highest BCUT2D eigenvalue weighted by atomic mass is 32.1. The second kappa shape index (κ2) is 5.09. The third-order valence-electron chi connectivity index (χ3n) is 2.37. The van der Waals surface area contributed by atoms with Gasteiger partial charge < -0.3 is 10.3 Å². The van der Waals surface area contributed by atoms with Gasteiger partial charge in [-0.2, -0.15) is 0 Å². The van der Waals surface area contributed by atoms with E-state index in [1.54, 1.807) is 11.3 Å². The van der Waals surface area contributed by atoms with Crippen molar-refractivity contribution in [3.05, 3.63) is 40.6 Å². The molecule has 3 nitrogen and oxygen atoms in total. The highest BCUT2D eigenvalue weighted by Crippen LogP contribution is 2.19. The van der Waals surface area contributed by atoms with Gasteiger partial charge in [-0.25, -0.2) is 4.98 Å². The van der Waals surface area contributed by atoms with Crippen LogP contribution in [0.15, 0.2) is 30.0 Å². The molecule has 2 heterocycles. The minimum atomic E-state index is 0.375. The molecule has 0 aliphatic carbocycles. The fraction of sp³-hybridized carbons (Fsp3) is 0.364. The molecular formula is C11H15N3S. The van der Waals surface area contributed by atoms with Crippen LogP contribution in [0.5, 0.6) is 0 Å². The summed E-state index contributed by atoms with van der Waals surface area (Å²) in [4.78, 5) is 7.39. The summed E-state index contributed by atoms with van der Waals surface area (Å²) >= 11 is 1.71. The summed E-state index contributed by atoms with van der Waals surface area (Å²) in [6.45, 7) is 3.07. The Kier molecular flexibility index (Phi) is 3.53. The molecule has 0 saturated carbocycles. The first-order valence-corrected chi connectivity index (χ1v) is 6.02. The van der Waals surface area contributed by atoms with Gasteiger partial charge in [0.05, 0.1) is 6.04 Å². The Morgan fingerprint density at radius 3 is 3.13 bits per heavy atom. The molecule has 2 N–H and O–H groups in total. The molecular weight excluding hydrogens is 206 g/mol. The maximum absolute atomic E-state index is 4.34. The molecule has 0 aromatic carbocycles. The van der Waals surface area contributed by atoms with E-state index < -0.39 is 0 Å². The van der Waals surface area contributed by atoms with E-state index in [2.05, 4.69) is 28.3 Å². The van der Waals surface area contributed by atoms with Crippen molar-refractivity contribution >= 4 is 11.3 Å². The molecule has 0 bridgehead atoms. The summed E-state index contributed by atoms with van der Waals surface area (Å²) in [5.41, 5.74) is 1.28. The van der Waals surface area contributed by atoms with Crippen molar-refractivity contribution in [3.63, 3.8) is 0 Å². The van der Waals surface area contributed by atoms with Gasteiger partial charge in [0.15, 0.2) is 0 Å². The van der Waals surface area contributed by atoms with Gasteiger partial charge in [-0.15, -0.1) is 11.3 Å². The lowest BCUT2D eigenvalue weighted by Gasteiger charge is -2.13. The van der Waals surface area contributed by atoms with Crippen LogP contribution in [0.1, 0.15) is 30.0 Å². The van der Waals surface area contributed by atoms with Crippen molar-refractivity contribution in [1.82, 2.24) is 15.3 Å². The van der Waals surface area contributed by atoms with E-state index >= 15 is 0 Å². The molecule has 2 rings (SSSR count). The van der Waals surface area contributed by atoms with E-state index in [9.17, 15) is 0 Å². The van der Waals surface area contributed by atoms with Gasteiger partial charge in [-0.3, -0.25) is 0 Å². The highest BCUT2D eigenvalue weighted by molar-refractivity contribution is 7.09. The average Bonchev–Trinajstić information content (AvgIpc) is 2.90. The number of nitrogens with zero attached hydrogens (tertiary/aromatic N) is 1. The summed E-state index contributed by atoms with van der Waals surface area (Å²) in [6, 6.07) is 2.46. The van der Waals surface area contributed by atoms with Crippen molar-refractivity contribution in [2.24, 2.45) is 0 Å². The number of hydrogen-bond acceptors (Lipinski definition) is 3. The third kappa shape index (κ3) is 2.67. The zero-order chi connectivity index (χ0) is 10.5. The first-order valence-electron chi connectivity index (χ1n) is 5.14. The topological polar surface area (TPSA) is 40.7 Å². The zero-order valence-corrected chi connectivity index (χ0v) is 9.55. The number of thiazole rings is 1. The second-order valence-corrected chi connectivity index (χ2v) is 4.36. The second-order valence-electron chi connectivity index (χ2n) is 3.43. The maximum Gasteiger partial charge on any atom is 0.109 e. The maximum atomic E-state index is 4.34. The number of H-pyrrole nitrogens is 1. The van der Waals surface area contributed by atoms with E-state index in [1.165, 1.54) is 10.6 Å². The fourth-order valence-corrected chi connectivity index (χ4v) is 2.32. The van der Waals surface area contributed by atoms with Crippen LogP contribution in [0.25, 0.3) is 0 Å². The van der Waals surface area contributed by atoms with Gasteiger partial charge in [0.2, 0.25) is 0 Å². The van der Waals surface area contributed by atoms with E-state index in [4.69, 9.17) is 0 Å². The molecule has 1 unspecified atom stereocenters. The Bertz CT molecular complexity index is 366. The predicted molar refractivity (Wildman–Crippen MR) is 62.8 cm³/mol. The molecule has 2 aromatic rings. The molecule has 15 heavy (non-hydrogen) atoms. The minimum absolute atomic E-state index is 0.375. The van der Waals surface area contributed by atoms with Crippen molar-refractivity contribution in [2.45, 2.75) is 25.9 Å².